The molecule has 0 aliphatic rings. The molecule has 0 aromatic rings. The van der Waals surface area contributed by atoms with Crippen LogP contribution < -0.4 is 0 Å². The Morgan fingerprint density at radius 2 is 2.43 bits per heavy atom. The van der Waals surface area contributed by atoms with E-state index >= 15 is 0 Å². The summed E-state index contributed by atoms with van der Waals surface area (Å²) in [5.74, 6) is 0. The highest BCUT2D eigenvalue weighted by Gasteiger charge is 1.89. The van der Waals surface area contributed by atoms with Crippen molar-refractivity contribution in [2.75, 3.05) is 0 Å². The van der Waals surface area contributed by atoms with Crippen molar-refractivity contribution in [2.24, 2.45) is 0 Å². The highest BCUT2D eigenvalue weighted by molar-refractivity contribution is 7.80. The average Bonchev–Trinajstić information content (AvgIpc) is 1.61. The maximum atomic E-state index is 4.90. The van der Waals surface area contributed by atoms with E-state index in [0.29, 0.717) is 5.25 Å². The molecule has 0 aliphatic heterocycles. The fraction of sp³-hybridized carbons (Fsp3) is 0.667. The Bertz CT molecular complexity index is 48.1. The minimum Gasteiger partial charge on any atom is -0.103 e. The van der Waals surface area contributed by atoms with Crippen molar-refractivity contribution < 1.29 is 0 Å². The lowest BCUT2D eigenvalue weighted by Gasteiger charge is -1.94. The van der Waals surface area contributed by atoms with Gasteiger partial charge in [0.05, 0.1) is 0 Å². The Morgan fingerprint density at radius 1 is 1.86 bits per heavy atom. The third-order valence-electron chi connectivity index (χ3n) is 0.777. The molecule has 0 aromatic carbocycles. The van der Waals surface area contributed by atoms with Gasteiger partial charge >= 0.3 is 0 Å². The third kappa shape index (κ3) is 6.09. The Labute approximate surface area is 51.0 Å². The molecule has 1 atom stereocenters. The summed E-state index contributed by atoms with van der Waals surface area (Å²) in [7, 11) is 0. The van der Waals surface area contributed by atoms with Crippen molar-refractivity contribution in [3.8, 4) is 0 Å². The van der Waals surface area contributed by atoms with Crippen LogP contribution >= 0.6 is 12.6 Å². The Balaban J connectivity index is 2.81. The largest absolute Gasteiger partial charge is 0.103 e. The zero-order valence-corrected chi connectivity index (χ0v) is 5.50. The molecule has 1 radical (unpaired) electrons. The standard InChI is InChI=1S/C6H11S/c1-3-4-5-6(2)7/h3,6H,1,4-5H2,2H3. The van der Waals surface area contributed by atoms with Gasteiger partial charge in [-0.05, 0) is 12.8 Å². The fourth-order valence-electron chi connectivity index (χ4n) is 0.353. The van der Waals surface area contributed by atoms with Gasteiger partial charge in [-0.25, -0.2) is 0 Å². The van der Waals surface area contributed by atoms with Crippen LogP contribution in [0.2, 0.25) is 0 Å². The normalized spacial score (nSPS) is 13.4. The highest BCUT2D eigenvalue weighted by Crippen LogP contribution is 2.01. The molecule has 0 fully saturated rings. The van der Waals surface area contributed by atoms with Crippen molar-refractivity contribution >= 4 is 12.6 Å². The summed E-state index contributed by atoms with van der Waals surface area (Å²) in [5.41, 5.74) is 0. The van der Waals surface area contributed by atoms with Gasteiger partial charge in [0.2, 0.25) is 0 Å². The molecular formula is C6H11S. The van der Waals surface area contributed by atoms with Gasteiger partial charge in [-0.15, -0.1) is 6.58 Å². The molecule has 0 aliphatic carbocycles. The van der Waals surface area contributed by atoms with E-state index in [0.717, 1.165) is 12.8 Å². The molecule has 0 nitrogen and oxygen atoms in total. The van der Waals surface area contributed by atoms with E-state index in [1.165, 1.54) is 0 Å². The van der Waals surface area contributed by atoms with Gasteiger partial charge in [0.1, 0.15) is 0 Å². The van der Waals surface area contributed by atoms with E-state index in [1.807, 2.05) is 13.0 Å². The molecule has 0 rings (SSSR count). The zero-order chi connectivity index (χ0) is 5.70. The lowest BCUT2D eigenvalue weighted by Crippen LogP contribution is -1.86. The molecule has 1 unspecified atom stereocenters. The molecule has 0 N–H and O–H groups in total. The van der Waals surface area contributed by atoms with Crippen molar-refractivity contribution in [3.63, 3.8) is 0 Å². The molecule has 41 valence electrons. The molecule has 1 heteroatoms. The van der Waals surface area contributed by atoms with Gasteiger partial charge in [0.25, 0.3) is 0 Å². The van der Waals surface area contributed by atoms with Crippen LogP contribution in [0, 0.1) is 0 Å². The second kappa shape index (κ2) is 4.25. The van der Waals surface area contributed by atoms with Crippen LogP contribution in [0.1, 0.15) is 19.8 Å². The van der Waals surface area contributed by atoms with Crippen LogP contribution in [0.15, 0.2) is 12.7 Å². The topological polar surface area (TPSA) is 0 Å². The van der Waals surface area contributed by atoms with Gasteiger partial charge in [-0.3, -0.25) is 0 Å². The molecule has 7 heavy (non-hydrogen) atoms. The zero-order valence-electron chi connectivity index (χ0n) is 4.68. The summed E-state index contributed by atoms with van der Waals surface area (Å²) in [4.78, 5) is 0. The van der Waals surface area contributed by atoms with E-state index in [2.05, 4.69) is 6.58 Å². The van der Waals surface area contributed by atoms with E-state index in [4.69, 9.17) is 12.6 Å². The third-order valence-corrected chi connectivity index (χ3v) is 1.01. The van der Waals surface area contributed by atoms with Gasteiger partial charge in [0, 0.05) is 5.25 Å². The summed E-state index contributed by atoms with van der Waals surface area (Å²) in [6, 6.07) is 0. The molecule has 0 aromatic heterocycles. The Morgan fingerprint density at radius 3 is 2.57 bits per heavy atom. The maximum absolute atomic E-state index is 4.90. The first kappa shape index (κ1) is 7.09. The average molecular weight is 115 g/mol. The highest BCUT2D eigenvalue weighted by atomic mass is 32.1. The number of hydrogen-bond donors (Lipinski definition) is 0. The van der Waals surface area contributed by atoms with E-state index in [1.54, 1.807) is 0 Å². The van der Waals surface area contributed by atoms with Crippen molar-refractivity contribution in [1.29, 1.82) is 0 Å². The predicted octanol–water partition coefficient (Wildman–Crippen LogP) is 2.54. The summed E-state index contributed by atoms with van der Waals surface area (Å²) >= 11 is 4.90. The second-order valence-electron chi connectivity index (χ2n) is 1.68. The quantitative estimate of drug-likeness (QED) is 0.496. The van der Waals surface area contributed by atoms with E-state index in [-0.39, 0.29) is 0 Å². The van der Waals surface area contributed by atoms with E-state index in [9.17, 15) is 0 Å². The minimum absolute atomic E-state index is 0.415. The summed E-state index contributed by atoms with van der Waals surface area (Å²) in [6.45, 7) is 5.63. The smallest absolute Gasteiger partial charge is 0.0126 e. The number of rotatable bonds is 3. The lowest BCUT2D eigenvalue weighted by molar-refractivity contribution is 0.839. The Hall–Kier alpha value is 0.0900. The maximum Gasteiger partial charge on any atom is 0.0126 e. The van der Waals surface area contributed by atoms with Gasteiger partial charge in [0.15, 0.2) is 0 Å². The van der Waals surface area contributed by atoms with Crippen molar-refractivity contribution in [1.82, 2.24) is 0 Å². The molecule has 0 saturated carbocycles. The van der Waals surface area contributed by atoms with Gasteiger partial charge in [-0.2, -0.15) is 0 Å². The van der Waals surface area contributed by atoms with Crippen molar-refractivity contribution in [3.05, 3.63) is 12.7 Å². The molecule has 0 saturated heterocycles. The predicted molar refractivity (Wildman–Crippen MR) is 36.5 cm³/mol. The first-order valence-corrected chi connectivity index (χ1v) is 3.01. The lowest BCUT2D eigenvalue weighted by atomic mass is 10.2. The van der Waals surface area contributed by atoms with Crippen LogP contribution in [0.25, 0.3) is 0 Å². The van der Waals surface area contributed by atoms with E-state index < -0.39 is 0 Å². The van der Waals surface area contributed by atoms with Crippen molar-refractivity contribution in [2.45, 2.75) is 25.0 Å². The van der Waals surface area contributed by atoms with Crippen LogP contribution in [0.5, 0.6) is 0 Å². The van der Waals surface area contributed by atoms with Crippen LogP contribution in [-0.4, -0.2) is 5.25 Å². The minimum atomic E-state index is 0.415. The van der Waals surface area contributed by atoms with Gasteiger partial charge in [-0.1, -0.05) is 25.6 Å². The fourth-order valence-corrected chi connectivity index (χ4v) is 0.489. The first-order chi connectivity index (χ1) is 3.27. The van der Waals surface area contributed by atoms with Crippen LogP contribution in [-0.2, 0) is 0 Å². The number of allylic oxidation sites excluding steroid dienone is 1. The molecular weight excluding hydrogens is 104 g/mol. The molecule has 0 spiro atoms. The summed E-state index contributed by atoms with van der Waals surface area (Å²) in [5, 5.41) is 0.415. The molecule has 0 amide bonds. The first-order valence-electron chi connectivity index (χ1n) is 2.54. The van der Waals surface area contributed by atoms with Crippen LogP contribution in [0.3, 0.4) is 0 Å². The van der Waals surface area contributed by atoms with Gasteiger partial charge < -0.3 is 0 Å². The molecule has 0 heterocycles. The summed E-state index contributed by atoms with van der Waals surface area (Å²) in [6.07, 6.45) is 4.06. The monoisotopic (exact) mass is 115 g/mol. The summed E-state index contributed by atoms with van der Waals surface area (Å²) < 4.78 is 0. The Kier molecular flexibility index (Phi) is 4.31. The van der Waals surface area contributed by atoms with Crippen LogP contribution in [0.4, 0.5) is 0 Å². The number of hydrogen-bond acceptors (Lipinski definition) is 0. The molecule has 0 bridgehead atoms. The second-order valence-corrected chi connectivity index (χ2v) is 2.48. The SMILES string of the molecule is C=CCCC(C)[S].